The van der Waals surface area contributed by atoms with Gasteiger partial charge in [0.2, 0.25) is 5.91 Å². The molecule has 1 fully saturated rings. The molecule has 5 nitrogen and oxygen atoms in total. The van der Waals surface area contributed by atoms with Crippen LogP contribution in [0.25, 0.3) is 0 Å². The van der Waals surface area contributed by atoms with E-state index in [0.717, 1.165) is 5.75 Å². The Labute approximate surface area is 117 Å². The second kappa shape index (κ2) is 6.56. The first-order valence-corrected chi connectivity index (χ1v) is 7.57. The number of alkyl carbamates (subject to hydrolysis) is 1. The van der Waals surface area contributed by atoms with Crippen molar-refractivity contribution < 1.29 is 14.3 Å². The zero-order chi connectivity index (χ0) is 13.8. The van der Waals surface area contributed by atoms with Crippen molar-refractivity contribution in [3.63, 3.8) is 0 Å². The highest BCUT2D eigenvalue weighted by Crippen LogP contribution is 2.21. The van der Waals surface area contributed by atoms with Crippen molar-refractivity contribution in [2.45, 2.75) is 32.4 Å². The third-order valence-electron chi connectivity index (χ3n) is 2.30. The zero-order valence-corrected chi connectivity index (χ0v) is 12.6. The lowest BCUT2D eigenvalue weighted by molar-refractivity contribution is -0.130. The van der Waals surface area contributed by atoms with E-state index in [-0.39, 0.29) is 18.5 Å². The first kappa shape index (κ1) is 15.5. The van der Waals surface area contributed by atoms with Gasteiger partial charge in [-0.3, -0.25) is 4.79 Å². The fraction of sp³-hybridized carbons (Fsp3) is 0.818. The summed E-state index contributed by atoms with van der Waals surface area (Å²) >= 11 is 5.91. The van der Waals surface area contributed by atoms with E-state index < -0.39 is 11.7 Å². The average Bonchev–Trinajstić information content (AvgIpc) is 2.71. The molecule has 0 aromatic heterocycles. The molecule has 1 N–H and O–H groups in total. The summed E-state index contributed by atoms with van der Waals surface area (Å²) in [7, 11) is 0. The average molecular weight is 292 g/mol. The normalized spacial score (nSPS) is 19.8. The molecule has 0 aromatic carbocycles. The molecule has 1 atom stereocenters. The minimum atomic E-state index is -0.565. The van der Waals surface area contributed by atoms with Crippen molar-refractivity contribution in [1.82, 2.24) is 10.2 Å². The van der Waals surface area contributed by atoms with Gasteiger partial charge in [-0.15, -0.1) is 11.8 Å². The number of ether oxygens (including phenoxy) is 1. The van der Waals surface area contributed by atoms with Crippen molar-refractivity contribution in [3.05, 3.63) is 0 Å². The Balaban J connectivity index is 2.35. The van der Waals surface area contributed by atoms with Crippen molar-refractivity contribution in [2.24, 2.45) is 0 Å². The lowest BCUT2D eigenvalue weighted by atomic mass is 10.2. The Morgan fingerprint density at radius 2 is 2.17 bits per heavy atom. The van der Waals surface area contributed by atoms with Crippen LogP contribution in [-0.4, -0.2) is 52.5 Å². The Hall–Kier alpha value is -0.560. The highest BCUT2D eigenvalue weighted by molar-refractivity contribution is 7.99. The van der Waals surface area contributed by atoms with Gasteiger partial charge < -0.3 is 15.0 Å². The second-order valence-corrected chi connectivity index (χ2v) is 6.42. The molecule has 1 aliphatic heterocycles. The first-order chi connectivity index (χ1) is 8.33. The summed E-state index contributed by atoms with van der Waals surface area (Å²) in [5.41, 5.74) is -0.551. The van der Waals surface area contributed by atoms with Crippen LogP contribution in [0.2, 0.25) is 0 Å². The van der Waals surface area contributed by atoms with Gasteiger partial charge in [-0.25, -0.2) is 4.79 Å². The molecule has 1 aliphatic rings. The van der Waals surface area contributed by atoms with Crippen molar-refractivity contribution >= 4 is 36.4 Å². The largest absolute Gasteiger partial charge is 0.444 e. The molecule has 7 heteroatoms. The Morgan fingerprint density at radius 3 is 2.72 bits per heavy atom. The number of hydrogen-bond donors (Lipinski definition) is 2. The molecule has 2 amide bonds. The smallest absolute Gasteiger partial charge is 0.408 e. The van der Waals surface area contributed by atoms with Crippen LogP contribution in [0.15, 0.2) is 0 Å². The molecule has 1 heterocycles. The number of rotatable bonds is 3. The van der Waals surface area contributed by atoms with Crippen LogP contribution in [0.1, 0.15) is 20.8 Å². The minimum absolute atomic E-state index is 0.0280. The van der Waals surface area contributed by atoms with Gasteiger partial charge in [0.15, 0.2) is 0 Å². The maximum Gasteiger partial charge on any atom is 0.408 e. The first-order valence-electron chi connectivity index (χ1n) is 5.78. The topological polar surface area (TPSA) is 58.6 Å². The lowest BCUT2D eigenvalue weighted by Gasteiger charge is -2.23. The molecule has 0 aromatic rings. The number of carbonyl (C=O) groups is 2. The third kappa shape index (κ3) is 4.97. The fourth-order valence-electron chi connectivity index (χ4n) is 1.47. The summed E-state index contributed by atoms with van der Waals surface area (Å²) in [5, 5.41) is 2.47. The number of thiol groups is 1. The summed E-state index contributed by atoms with van der Waals surface area (Å²) in [6.45, 7) is 5.31. The van der Waals surface area contributed by atoms with Gasteiger partial charge in [0.05, 0.1) is 11.9 Å². The van der Waals surface area contributed by atoms with Crippen LogP contribution in [0.5, 0.6) is 0 Å². The van der Waals surface area contributed by atoms with Gasteiger partial charge in [-0.2, -0.15) is 12.6 Å². The van der Waals surface area contributed by atoms with Crippen molar-refractivity contribution in [3.8, 4) is 0 Å². The summed E-state index contributed by atoms with van der Waals surface area (Å²) in [6.07, 6.45) is -0.565. The van der Waals surface area contributed by atoms with Gasteiger partial charge >= 0.3 is 6.09 Å². The lowest BCUT2D eigenvalue weighted by Crippen LogP contribution is -2.44. The van der Waals surface area contributed by atoms with E-state index in [1.54, 1.807) is 37.4 Å². The molecular formula is C11H20N2O3S2. The van der Waals surface area contributed by atoms with Crippen LogP contribution >= 0.6 is 24.4 Å². The molecule has 18 heavy (non-hydrogen) atoms. The SMILES string of the molecule is CC(C)(C)OC(=O)NCC(=O)N1CSC[C@@H]1CS. The van der Waals surface area contributed by atoms with Crippen molar-refractivity contribution in [1.29, 1.82) is 0 Å². The quantitative estimate of drug-likeness (QED) is 0.771. The van der Waals surface area contributed by atoms with E-state index in [0.29, 0.717) is 11.6 Å². The molecule has 0 bridgehead atoms. The number of amides is 2. The van der Waals surface area contributed by atoms with E-state index >= 15 is 0 Å². The van der Waals surface area contributed by atoms with Gasteiger partial charge in [-0.1, -0.05) is 0 Å². The molecular weight excluding hydrogens is 272 g/mol. The monoisotopic (exact) mass is 292 g/mol. The third-order valence-corrected chi connectivity index (χ3v) is 3.80. The predicted molar refractivity (Wildman–Crippen MR) is 76.0 cm³/mol. The number of nitrogens with one attached hydrogen (secondary N) is 1. The van der Waals surface area contributed by atoms with E-state index in [4.69, 9.17) is 4.74 Å². The summed E-state index contributed by atoms with van der Waals surface area (Å²) in [5.74, 6) is 2.12. The van der Waals surface area contributed by atoms with Gasteiger partial charge in [-0.05, 0) is 20.8 Å². The minimum Gasteiger partial charge on any atom is -0.444 e. The Kier molecular flexibility index (Phi) is 5.65. The maximum atomic E-state index is 11.9. The molecule has 104 valence electrons. The van der Waals surface area contributed by atoms with E-state index in [1.807, 2.05) is 0 Å². The highest BCUT2D eigenvalue weighted by atomic mass is 32.2. The Morgan fingerprint density at radius 1 is 1.50 bits per heavy atom. The number of thioether (sulfide) groups is 1. The van der Waals surface area contributed by atoms with Gasteiger partial charge in [0, 0.05) is 11.5 Å². The number of carbonyl (C=O) groups excluding carboxylic acids is 2. The maximum absolute atomic E-state index is 11.9. The zero-order valence-electron chi connectivity index (χ0n) is 10.9. The standard InChI is InChI=1S/C11H20N2O3S2/c1-11(2,3)16-10(15)12-4-9(14)13-7-18-6-8(13)5-17/h8,17H,4-7H2,1-3H3,(H,12,15)/t8-/m0/s1. The molecule has 0 aliphatic carbocycles. The van der Waals surface area contributed by atoms with Gasteiger partial charge in [0.25, 0.3) is 0 Å². The fourth-order valence-corrected chi connectivity index (χ4v) is 3.20. The Bertz CT molecular complexity index is 318. The molecule has 0 radical (unpaired) electrons. The highest BCUT2D eigenvalue weighted by Gasteiger charge is 2.28. The van der Waals surface area contributed by atoms with Gasteiger partial charge in [0.1, 0.15) is 12.1 Å². The molecule has 0 saturated carbocycles. The van der Waals surface area contributed by atoms with E-state index in [9.17, 15) is 9.59 Å². The van der Waals surface area contributed by atoms with Crippen LogP contribution < -0.4 is 5.32 Å². The van der Waals surface area contributed by atoms with Crippen LogP contribution in [-0.2, 0) is 9.53 Å². The number of nitrogens with zero attached hydrogens (tertiary/aromatic N) is 1. The van der Waals surface area contributed by atoms with Crippen LogP contribution in [0.4, 0.5) is 4.79 Å². The van der Waals surface area contributed by atoms with Crippen LogP contribution in [0, 0.1) is 0 Å². The summed E-state index contributed by atoms with van der Waals surface area (Å²) < 4.78 is 5.06. The molecule has 0 unspecified atom stereocenters. The molecule has 0 spiro atoms. The van der Waals surface area contributed by atoms with E-state index in [1.165, 1.54) is 0 Å². The van der Waals surface area contributed by atoms with Crippen molar-refractivity contribution in [2.75, 3.05) is 23.9 Å². The van der Waals surface area contributed by atoms with Crippen LogP contribution in [0.3, 0.4) is 0 Å². The summed E-state index contributed by atoms with van der Waals surface area (Å²) in [6, 6.07) is 0.159. The summed E-state index contributed by atoms with van der Waals surface area (Å²) in [4.78, 5) is 25.0. The number of hydrogen-bond acceptors (Lipinski definition) is 5. The predicted octanol–water partition coefficient (Wildman–Crippen LogP) is 1.34. The van der Waals surface area contributed by atoms with E-state index in [2.05, 4.69) is 17.9 Å². The molecule has 1 saturated heterocycles. The molecule has 1 rings (SSSR count). The second-order valence-electron chi connectivity index (χ2n) is 5.06.